The predicted molar refractivity (Wildman–Crippen MR) is 79.8 cm³/mol. The summed E-state index contributed by atoms with van der Waals surface area (Å²) in [4.78, 5) is 23.5. The fraction of sp³-hybridized carbons (Fsp3) is 0.467. The van der Waals surface area contributed by atoms with Gasteiger partial charge in [0.05, 0.1) is 11.5 Å². The molecular weight excluding hydrogens is 290 g/mol. The molecule has 0 aliphatic carbocycles. The van der Waals surface area contributed by atoms with E-state index in [0.29, 0.717) is 18.5 Å². The highest BCUT2D eigenvalue weighted by atomic mass is 32.2. The van der Waals surface area contributed by atoms with Crippen molar-refractivity contribution in [3.8, 4) is 0 Å². The zero-order chi connectivity index (χ0) is 15.3. The van der Waals surface area contributed by atoms with Gasteiger partial charge in [-0.25, -0.2) is 8.42 Å². The Hall–Kier alpha value is -1.69. The number of sulfone groups is 1. The average Bonchev–Trinajstić information content (AvgIpc) is 2.83. The Morgan fingerprint density at radius 3 is 2.48 bits per heavy atom. The SMILES string of the molecule is O=C(CCC(=O)c1ccccc1)NCC1CCS(=O)(=O)C1. The molecule has 1 fully saturated rings. The quantitative estimate of drug-likeness (QED) is 0.801. The van der Waals surface area contributed by atoms with E-state index in [1.165, 1.54) is 0 Å². The topological polar surface area (TPSA) is 80.3 Å². The van der Waals surface area contributed by atoms with Crippen molar-refractivity contribution >= 4 is 21.5 Å². The Morgan fingerprint density at radius 2 is 1.86 bits per heavy atom. The van der Waals surface area contributed by atoms with Crippen LogP contribution < -0.4 is 5.32 Å². The van der Waals surface area contributed by atoms with Gasteiger partial charge in [-0.05, 0) is 12.3 Å². The van der Waals surface area contributed by atoms with Gasteiger partial charge in [-0.3, -0.25) is 9.59 Å². The van der Waals surface area contributed by atoms with Gasteiger partial charge in [0.2, 0.25) is 5.91 Å². The van der Waals surface area contributed by atoms with Crippen molar-refractivity contribution in [2.75, 3.05) is 18.1 Å². The lowest BCUT2D eigenvalue weighted by molar-refractivity contribution is -0.121. The normalized spacial score (nSPS) is 20.1. The summed E-state index contributed by atoms with van der Waals surface area (Å²) in [6.45, 7) is 0.373. The van der Waals surface area contributed by atoms with Crippen molar-refractivity contribution in [1.82, 2.24) is 5.32 Å². The van der Waals surface area contributed by atoms with Crippen LogP contribution in [0.4, 0.5) is 0 Å². The number of hydrogen-bond acceptors (Lipinski definition) is 4. The molecule has 0 aromatic heterocycles. The Labute approximate surface area is 124 Å². The van der Waals surface area contributed by atoms with E-state index in [2.05, 4.69) is 5.32 Å². The monoisotopic (exact) mass is 309 g/mol. The molecule has 2 rings (SSSR count). The lowest BCUT2D eigenvalue weighted by Gasteiger charge is -2.09. The molecule has 1 amide bonds. The third-order valence-electron chi connectivity index (χ3n) is 3.59. The summed E-state index contributed by atoms with van der Waals surface area (Å²) in [7, 11) is -2.91. The van der Waals surface area contributed by atoms with E-state index < -0.39 is 9.84 Å². The lowest BCUT2D eigenvalue weighted by atomic mass is 10.1. The molecule has 1 aliphatic rings. The minimum absolute atomic E-state index is 0.00350. The molecule has 5 nitrogen and oxygen atoms in total. The van der Waals surface area contributed by atoms with Crippen LogP contribution >= 0.6 is 0 Å². The molecular formula is C15H19NO4S. The average molecular weight is 309 g/mol. The maximum Gasteiger partial charge on any atom is 0.220 e. The van der Waals surface area contributed by atoms with Crippen molar-refractivity contribution in [3.05, 3.63) is 35.9 Å². The number of carbonyl (C=O) groups is 2. The first-order valence-corrected chi connectivity index (χ1v) is 8.84. The molecule has 1 heterocycles. The molecule has 1 aromatic rings. The van der Waals surface area contributed by atoms with Gasteiger partial charge in [0.1, 0.15) is 0 Å². The summed E-state index contributed by atoms with van der Waals surface area (Å²) in [5, 5.41) is 2.71. The first-order chi connectivity index (χ1) is 9.96. The molecule has 0 spiro atoms. The van der Waals surface area contributed by atoms with Gasteiger partial charge in [0, 0.05) is 24.9 Å². The summed E-state index contributed by atoms with van der Waals surface area (Å²) in [6.07, 6.45) is 0.900. The molecule has 1 aliphatic heterocycles. The zero-order valence-electron chi connectivity index (χ0n) is 11.7. The van der Waals surface area contributed by atoms with E-state index in [9.17, 15) is 18.0 Å². The summed E-state index contributed by atoms with van der Waals surface area (Å²) in [6, 6.07) is 8.86. The van der Waals surface area contributed by atoms with Crippen molar-refractivity contribution in [2.24, 2.45) is 5.92 Å². The van der Waals surface area contributed by atoms with Gasteiger partial charge in [0.25, 0.3) is 0 Å². The van der Waals surface area contributed by atoms with Crippen LogP contribution in [0.15, 0.2) is 30.3 Å². The molecule has 0 bridgehead atoms. The second kappa shape index (κ2) is 6.85. The maximum absolute atomic E-state index is 11.8. The van der Waals surface area contributed by atoms with E-state index in [1.54, 1.807) is 24.3 Å². The molecule has 0 saturated carbocycles. The number of benzene rings is 1. The molecule has 1 atom stereocenters. The van der Waals surface area contributed by atoms with Crippen molar-refractivity contribution in [1.29, 1.82) is 0 Å². The Bertz CT molecular complexity index is 610. The van der Waals surface area contributed by atoms with Crippen LogP contribution in [0.1, 0.15) is 29.6 Å². The fourth-order valence-electron chi connectivity index (χ4n) is 2.38. The second-order valence-corrected chi connectivity index (χ2v) is 7.59. The summed E-state index contributed by atoms with van der Waals surface area (Å²) >= 11 is 0. The Morgan fingerprint density at radius 1 is 1.14 bits per heavy atom. The minimum Gasteiger partial charge on any atom is -0.356 e. The highest BCUT2D eigenvalue weighted by Gasteiger charge is 2.27. The third kappa shape index (κ3) is 4.97. The van der Waals surface area contributed by atoms with Crippen molar-refractivity contribution < 1.29 is 18.0 Å². The van der Waals surface area contributed by atoms with Gasteiger partial charge in [-0.2, -0.15) is 0 Å². The van der Waals surface area contributed by atoms with Crippen LogP contribution in [-0.2, 0) is 14.6 Å². The second-order valence-electron chi connectivity index (χ2n) is 5.36. The van der Waals surface area contributed by atoms with Crippen LogP contribution in [0.3, 0.4) is 0 Å². The molecule has 114 valence electrons. The molecule has 0 radical (unpaired) electrons. The molecule has 6 heteroatoms. The van der Waals surface area contributed by atoms with Crippen LogP contribution in [0, 0.1) is 5.92 Å². The number of hydrogen-bond donors (Lipinski definition) is 1. The number of Topliss-reactive ketones (excluding diaryl/α,β-unsaturated/α-hetero) is 1. The van der Waals surface area contributed by atoms with Crippen molar-refractivity contribution in [2.45, 2.75) is 19.3 Å². The van der Waals surface area contributed by atoms with Crippen LogP contribution in [0.25, 0.3) is 0 Å². The first kappa shape index (κ1) is 15.7. The standard InChI is InChI=1S/C15H19NO4S/c17-14(13-4-2-1-3-5-13)6-7-15(18)16-10-12-8-9-21(19,20)11-12/h1-5,12H,6-11H2,(H,16,18). The lowest BCUT2D eigenvalue weighted by Crippen LogP contribution is -2.30. The van der Waals surface area contributed by atoms with E-state index in [-0.39, 0.29) is 42.0 Å². The van der Waals surface area contributed by atoms with Gasteiger partial charge in [-0.1, -0.05) is 30.3 Å². The molecule has 21 heavy (non-hydrogen) atoms. The van der Waals surface area contributed by atoms with Gasteiger partial charge >= 0.3 is 0 Å². The third-order valence-corrected chi connectivity index (χ3v) is 5.43. The van der Waals surface area contributed by atoms with Gasteiger partial charge in [-0.15, -0.1) is 0 Å². The Balaban J connectivity index is 1.70. The number of rotatable bonds is 6. The van der Waals surface area contributed by atoms with E-state index in [1.807, 2.05) is 6.07 Å². The maximum atomic E-state index is 11.8. The molecule has 1 aromatic carbocycles. The number of carbonyl (C=O) groups excluding carboxylic acids is 2. The fourth-order valence-corrected chi connectivity index (χ4v) is 4.24. The largest absolute Gasteiger partial charge is 0.356 e. The first-order valence-electron chi connectivity index (χ1n) is 7.02. The predicted octanol–water partition coefficient (Wildman–Crippen LogP) is 1.20. The summed E-state index contributed by atoms with van der Waals surface area (Å²) in [5.41, 5.74) is 0.604. The summed E-state index contributed by atoms with van der Waals surface area (Å²) < 4.78 is 22.6. The number of amides is 1. The highest BCUT2D eigenvalue weighted by Crippen LogP contribution is 2.17. The molecule has 1 saturated heterocycles. The zero-order valence-corrected chi connectivity index (χ0v) is 12.6. The van der Waals surface area contributed by atoms with Crippen molar-refractivity contribution in [3.63, 3.8) is 0 Å². The number of ketones is 1. The minimum atomic E-state index is -2.91. The van der Waals surface area contributed by atoms with E-state index >= 15 is 0 Å². The molecule has 1 N–H and O–H groups in total. The van der Waals surface area contributed by atoms with Gasteiger partial charge in [0.15, 0.2) is 15.6 Å². The number of nitrogens with one attached hydrogen (secondary N) is 1. The highest BCUT2D eigenvalue weighted by molar-refractivity contribution is 7.91. The van der Waals surface area contributed by atoms with Crippen LogP contribution in [0.2, 0.25) is 0 Å². The Kier molecular flexibility index (Phi) is 5.12. The van der Waals surface area contributed by atoms with Gasteiger partial charge < -0.3 is 5.32 Å². The van der Waals surface area contributed by atoms with Crippen LogP contribution in [-0.4, -0.2) is 38.2 Å². The summed E-state index contributed by atoms with van der Waals surface area (Å²) in [5.74, 6) is 0.0949. The molecule has 1 unspecified atom stereocenters. The smallest absolute Gasteiger partial charge is 0.220 e. The van der Waals surface area contributed by atoms with E-state index in [4.69, 9.17) is 0 Å². The van der Waals surface area contributed by atoms with Crippen LogP contribution in [0.5, 0.6) is 0 Å². The van der Waals surface area contributed by atoms with E-state index in [0.717, 1.165) is 0 Å².